The van der Waals surface area contributed by atoms with Crippen LogP contribution >= 0.6 is 12.2 Å². The topological polar surface area (TPSA) is 132 Å². The van der Waals surface area contributed by atoms with Crippen molar-refractivity contribution in [3.63, 3.8) is 0 Å². The molecule has 10 nitrogen and oxygen atoms in total. The quantitative estimate of drug-likeness (QED) is 0.254. The minimum Gasteiger partial charge on any atom is -0.474 e. The predicted octanol–water partition coefficient (Wildman–Crippen LogP) is 2.87. The molecule has 0 aliphatic heterocycles. The number of nitro groups is 1. The zero-order chi connectivity index (χ0) is 23.0. The summed E-state index contributed by atoms with van der Waals surface area (Å²) >= 11 is 5.11. The Bertz CT molecular complexity index is 980. The molecule has 3 N–H and O–H groups in total. The molecule has 2 aromatic rings. The Hall–Kier alpha value is -3.73. The fourth-order valence-electron chi connectivity index (χ4n) is 2.40. The molecule has 11 heteroatoms. The second-order valence-electron chi connectivity index (χ2n) is 6.35. The SMILES string of the molecule is CCOC(=O)c1ccc(NC(=S)NNC(=O)C(C)Oc2ccc(C)cc2[N+](=O)[O-])cc1. The number of carbonyl (C=O) groups is 2. The zero-order valence-electron chi connectivity index (χ0n) is 17.1. The number of carbonyl (C=O) groups excluding carboxylic acids is 2. The third kappa shape index (κ3) is 6.93. The number of nitrogens with one attached hydrogen (secondary N) is 3. The lowest BCUT2D eigenvalue weighted by atomic mass is 10.2. The van der Waals surface area contributed by atoms with Gasteiger partial charge in [-0.3, -0.25) is 25.8 Å². The molecule has 0 bridgehead atoms. The number of aryl methyl sites for hydroxylation is 1. The molecular weight excluding hydrogens is 424 g/mol. The lowest BCUT2D eigenvalue weighted by molar-refractivity contribution is -0.386. The lowest BCUT2D eigenvalue weighted by Crippen LogP contribution is -2.48. The summed E-state index contributed by atoms with van der Waals surface area (Å²) in [7, 11) is 0. The average molecular weight is 446 g/mol. The van der Waals surface area contributed by atoms with Gasteiger partial charge in [-0.2, -0.15) is 0 Å². The van der Waals surface area contributed by atoms with Crippen LogP contribution in [0.4, 0.5) is 11.4 Å². The van der Waals surface area contributed by atoms with E-state index in [-0.39, 0.29) is 23.2 Å². The molecule has 1 amide bonds. The first-order valence-electron chi connectivity index (χ1n) is 9.27. The van der Waals surface area contributed by atoms with E-state index >= 15 is 0 Å². The highest BCUT2D eigenvalue weighted by atomic mass is 32.1. The maximum atomic E-state index is 12.2. The van der Waals surface area contributed by atoms with E-state index < -0.39 is 22.9 Å². The Morgan fingerprint density at radius 2 is 1.84 bits per heavy atom. The third-order valence-corrected chi connectivity index (χ3v) is 4.14. The number of nitro benzene ring substituents is 1. The summed E-state index contributed by atoms with van der Waals surface area (Å²) in [6.07, 6.45) is -1.03. The number of anilines is 1. The molecule has 0 saturated heterocycles. The number of hydrazine groups is 1. The highest BCUT2D eigenvalue weighted by Gasteiger charge is 2.21. The molecule has 1 atom stereocenters. The maximum absolute atomic E-state index is 12.2. The van der Waals surface area contributed by atoms with E-state index in [4.69, 9.17) is 21.7 Å². The van der Waals surface area contributed by atoms with Crippen molar-refractivity contribution in [3.05, 3.63) is 63.7 Å². The Morgan fingerprint density at radius 3 is 2.45 bits per heavy atom. The highest BCUT2D eigenvalue weighted by Crippen LogP contribution is 2.28. The first kappa shape index (κ1) is 23.5. The third-order valence-electron chi connectivity index (χ3n) is 3.94. The molecule has 0 aliphatic rings. The van der Waals surface area contributed by atoms with Crippen LogP contribution in [0.1, 0.15) is 29.8 Å². The maximum Gasteiger partial charge on any atom is 0.338 e. The van der Waals surface area contributed by atoms with Gasteiger partial charge < -0.3 is 14.8 Å². The predicted molar refractivity (Wildman–Crippen MR) is 118 cm³/mol. The van der Waals surface area contributed by atoms with E-state index in [0.717, 1.165) is 0 Å². The normalized spacial score (nSPS) is 11.1. The number of benzene rings is 2. The van der Waals surface area contributed by atoms with Gasteiger partial charge in [-0.25, -0.2) is 4.79 Å². The molecule has 0 fully saturated rings. The Morgan fingerprint density at radius 1 is 1.16 bits per heavy atom. The number of thiocarbonyl (C=S) groups is 1. The van der Waals surface area contributed by atoms with Crippen LogP contribution in [0.3, 0.4) is 0 Å². The van der Waals surface area contributed by atoms with E-state index in [0.29, 0.717) is 16.8 Å². The van der Waals surface area contributed by atoms with Crippen LogP contribution < -0.4 is 20.9 Å². The van der Waals surface area contributed by atoms with E-state index in [1.807, 2.05) is 0 Å². The summed E-state index contributed by atoms with van der Waals surface area (Å²) < 4.78 is 10.3. The lowest BCUT2D eigenvalue weighted by Gasteiger charge is -2.16. The van der Waals surface area contributed by atoms with Gasteiger partial charge in [-0.05, 0) is 68.9 Å². The molecule has 2 rings (SSSR count). The van der Waals surface area contributed by atoms with Crippen molar-refractivity contribution in [1.29, 1.82) is 0 Å². The molecule has 0 heterocycles. The smallest absolute Gasteiger partial charge is 0.338 e. The first-order chi connectivity index (χ1) is 14.7. The van der Waals surface area contributed by atoms with E-state index in [2.05, 4.69) is 16.2 Å². The Kier molecular flexibility index (Phi) is 8.26. The van der Waals surface area contributed by atoms with Crippen molar-refractivity contribution in [3.8, 4) is 5.75 Å². The van der Waals surface area contributed by atoms with E-state index in [9.17, 15) is 19.7 Å². The van der Waals surface area contributed by atoms with Gasteiger partial charge in [0.25, 0.3) is 5.91 Å². The van der Waals surface area contributed by atoms with Gasteiger partial charge in [0.15, 0.2) is 17.0 Å². The van der Waals surface area contributed by atoms with Crippen LogP contribution in [0.15, 0.2) is 42.5 Å². The molecule has 0 saturated carbocycles. The van der Waals surface area contributed by atoms with Crippen molar-refractivity contribution in [2.24, 2.45) is 0 Å². The summed E-state index contributed by atoms with van der Waals surface area (Å²) in [5.41, 5.74) is 6.34. The molecule has 1 unspecified atom stereocenters. The minimum absolute atomic E-state index is 0.0133. The van der Waals surface area contributed by atoms with Gasteiger partial charge in [0.2, 0.25) is 0 Å². The summed E-state index contributed by atoms with van der Waals surface area (Å²) in [6, 6.07) is 10.9. The zero-order valence-corrected chi connectivity index (χ0v) is 17.9. The van der Waals surface area contributed by atoms with Crippen molar-refractivity contribution in [2.75, 3.05) is 11.9 Å². The number of ether oxygens (including phenoxy) is 2. The standard InChI is InChI=1S/C20H22N4O6S/c1-4-29-19(26)14-6-8-15(9-7-14)21-20(31)23-22-18(25)13(3)30-17-10-5-12(2)11-16(17)24(27)28/h5-11,13H,4H2,1-3H3,(H,22,25)(H2,21,23,31). The van der Waals surface area contributed by atoms with Crippen LogP contribution in [-0.2, 0) is 9.53 Å². The summed E-state index contributed by atoms with van der Waals surface area (Å²) in [5, 5.41) is 14.1. The summed E-state index contributed by atoms with van der Waals surface area (Å²) in [5.74, 6) is -1.03. The van der Waals surface area contributed by atoms with E-state index in [1.54, 1.807) is 44.2 Å². The number of esters is 1. The highest BCUT2D eigenvalue weighted by molar-refractivity contribution is 7.80. The van der Waals surface area contributed by atoms with Crippen LogP contribution in [0.2, 0.25) is 0 Å². The molecular formula is C20H22N4O6S. The molecule has 0 aromatic heterocycles. The van der Waals surface area contributed by atoms with Gasteiger partial charge in [-0.1, -0.05) is 6.07 Å². The van der Waals surface area contributed by atoms with Crippen LogP contribution in [0.5, 0.6) is 5.75 Å². The number of nitrogens with zero attached hydrogens (tertiary/aromatic N) is 1. The van der Waals surface area contributed by atoms with Crippen molar-refractivity contribution in [1.82, 2.24) is 10.9 Å². The van der Waals surface area contributed by atoms with Gasteiger partial charge in [0.05, 0.1) is 17.1 Å². The molecule has 0 aliphatic carbocycles. The fourth-order valence-corrected chi connectivity index (χ4v) is 2.57. The van der Waals surface area contributed by atoms with Crippen LogP contribution in [0.25, 0.3) is 0 Å². The second kappa shape index (κ2) is 10.9. The second-order valence-corrected chi connectivity index (χ2v) is 6.76. The van der Waals surface area contributed by atoms with Gasteiger partial charge >= 0.3 is 11.7 Å². The summed E-state index contributed by atoms with van der Waals surface area (Å²) in [4.78, 5) is 34.5. The molecule has 2 aromatic carbocycles. The van der Waals surface area contributed by atoms with Gasteiger partial charge in [0.1, 0.15) is 0 Å². The molecule has 0 radical (unpaired) electrons. The van der Waals surface area contributed by atoms with Crippen LogP contribution in [-0.4, -0.2) is 34.6 Å². The largest absolute Gasteiger partial charge is 0.474 e. The Balaban J connectivity index is 1.87. The van der Waals surface area contributed by atoms with Crippen molar-refractivity contribution >= 4 is 40.6 Å². The first-order valence-corrected chi connectivity index (χ1v) is 9.67. The van der Waals surface area contributed by atoms with Crippen molar-refractivity contribution < 1.29 is 24.0 Å². The molecule has 164 valence electrons. The van der Waals surface area contributed by atoms with Crippen molar-refractivity contribution in [2.45, 2.75) is 26.9 Å². The van der Waals surface area contributed by atoms with Gasteiger partial charge in [-0.15, -0.1) is 0 Å². The number of rotatable bonds is 7. The molecule has 31 heavy (non-hydrogen) atoms. The number of amides is 1. The molecule has 0 spiro atoms. The van der Waals surface area contributed by atoms with Gasteiger partial charge in [0, 0.05) is 11.8 Å². The Labute approximate surface area is 184 Å². The van der Waals surface area contributed by atoms with Crippen LogP contribution in [0, 0.1) is 17.0 Å². The number of hydrogen-bond acceptors (Lipinski definition) is 7. The summed E-state index contributed by atoms with van der Waals surface area (Å²) in [6.45, 7) is 5.17. The minimum atomic E-state index is -1.03. The fraction of sp³-hybridized carbons (Fsp3) is 0.250. The average Bonchev–Trinajstić information content (AvgIpc) is 2.73. The van der Waals surface area contributed by atoms with E-state index in [1.165, 1.54) is 19.1 Å². The monoisotopic (exact) mass is 446 g/mol. The number of hydrogen-bond donors (Lipinski definition) is 3.